The van der Waals surface area contributed by atoms with E-state index in [4.69, 9.17) is 29.9 Å². The summed E-state index contributed by atoms with van der Waals surface area (Å²) in [6.45, 7) is 4.63. The highest BCUT2D eigenvalue weighted by atomic mass is 16.7. The summed E-state index contributed by atoms with van der Waals surface area (Å²) >= 11 is 0. The van der Waals surface area contributed by atoms with Gasteiger partial charge in [-0.1, -0.05) is 0 Å². The summed E-state index contributed by atoms with van der Waals surface area (Å²) in [7, 11) is 1.29. The third-order valence-corrected chi connectivity index (χ3v) is 7.05. The third-order valence-electron chi connectivity index (χ3n) is 7.05. The van der Waals surface area contributed by atoms with E-state index in [0.29, 0.717) is 19.5 Å². The first-order valence-electron chi connectivity index (χ1n) is 13.7. The molecule has 0 aliphatic carbocycles. The minimum absolute atomic E-state index is 0.0109. The van der Waals surface area contributed by atoms with Crippen LogP contribution in [0, 0.1) is 5.21 Å². The molecule has 10 atom stereocenters. The molecule has 40 heavy (non-hydrogen) atoms. The second kappa shape index (κ2) is 18.1. The van der Waals surface area contributed by atoms with E-state index in [-0.39, 0.29) is 18.1 Å². The van der Waals surface area contributed by atoms with Crippen molar-refractivity contribution in [1.29, 1.82) is 0 Å². The summed E-state index contributed by atoms with van der Waals surface area (Å²) in [6, 6.07) is 0. The van der Waals surface area contributed by atoms with Gasteiger partial charge in [0.2, 0.25) is 5.28 Å². The highest BCUT2D eigenvalue weighted by molar-refractivity contribution is 4.95. The van der Waals surface area contributed by atoms with E-state index in [1.54, 1.807) is 0 Å². The molecule has 17 heteroatoms. The number of nitrogens with two attached hydrogens (primary N) is 1. The van der Waals surface area contributed by atoms with Gasteiger partial charge in [-0.2, -0.15) is 0 Å². The van der Waals surface area contributed by atoms with Gasteiger partial charge in [0.15, 0.2) is 6.29 Å². The SMILES string of the molecule is CO[C@H]1[C@H](O)[C@@H](O)[C@@H](OC2[C@@H](CO)O[C@H](C)[C@H](O)[C@H]2O)O[C@@H]1CN(CCCNCCCNCCCN)/[N+]([O-])=N/O. The van der Waals surface area contributed by atoms with Crippen LogP contribution in [-0.4, -0.2) is 161 Å². The molecule has 2 heterocycles. The number of aliphatic hydroxyl groups is 5. The van der Waals surface area contributed by atoms with Crippen molar-refractivity contribution in [2.45, 2.75) is 87.4 Å². The molecule has 2 saturated heterocycles. The zero-order valence-electron chi connectivity index (χ0n) is 23.2. The molecule has 0 bridgehead atoms. The van der Waals surface area contributed by atoms with Crippen molar-refractivity contribution in [3.63, 3.8) is 0 Å². The Hall–Kier alpha value is -1.48. The predicted molar refractivity (Wildman–Crippen MR) is 138 cm³/mol. The number of ether oxygens (including phenoxy) is 4. The standard InChI is InChI=1S/C23H48N6O11/c1-14-17(31)18(32)22(16(13-30)38-14)40-23-20(34)19(33)21(37-2)15(39-23)12-28(29(36)27-35)11-5-10-26-9-4-8-25-7-3-6-24/h14-23,25-26,30-35H,3-13,24H2,1-2H3/b29-27-/t14-,15-,16-,17+,18-,19-,20-,21-,22?,23-/m1/s1. The maximum absolute atomic E-state index is 12.3. The van der Waals surface area contributed by atoms with Crippen molar-refractivity contribution in [2.24, 2.45) is 11.0 Å². The molecule has 1 unspecified atom stereocenters. The smallest absolute Gasteiger partial charge is 0.230 e. The highest BCUT2D eigenvalue weighted by Crippen LogP contribution is 2.30. The van der Waals surface area contributed by atoms with Crippen LogP contribution in [0.4, 0.5) is 0 Å². The lowest BCUT2D eigenvalue weighted by Crippen LogP contribution is -2.65. The highest BCUT2D eigenvalue weighted by Gasteiger charge is 2.50. The summed E-state index contributed by atoms with van der Waals surface area (Å²) in [5.74, 6) is 0. The van der Waals surface area contributed by atoms with E-state index in [1.165, 1.54) is 14.0 Å². The van der Waals surface area contributed by atoms with Crippen LogP contribution < -0.4 is 16.4 Å². The first-order chi connectivity index (χ1) is 19.2. The molecular weight excluding hydrogens is 536 g/mol. The molecule has 0 spiro atoms. The summed E-state index contributed by atoms with van der Waals surface area (Å²) in [4.78, 5) is -0.0109. The van der Waals surface area contributed by atoms with Crippen LogP contribution in [0.25, 0.3) is 0 Å². The summed E-state index contributed by atoms with van der Waals surface area (Å²) in [6.07, 6.45) is -10.5. The van der Waals surface area contributed by atoms with E-state index in [1.807, 2.05) is 0 Å². The second-order valence-electron chi connectivity index (χ2n) is 9.97. The van der Waals surface area contributed by atoms with Crippen LogP contribution in [-0.2, 0) is 18.9 Å². The number of methoxy groups -OCH3 is 1. The maximum Gasteiger partial charge on any atom is 0.230 e. The van der Waals surface area contributed by atoms with Crippen LogP contribution in [0.2, 0.25) is 0 Å². The Morgan fingerprint density at radius 3 is 2.15 bits per heavy atom. The monoisotopic (exact) mass is 584 g/mol. The third kappa shape index (κ3) is 9.81. The molecule has 10 N–H and O–H groups in total. The van der Waals surface area contributed by atoms with Crippen LogP contribution in [0.3, 0.4) is 0 Å². The Balaban J connectivity index is 1.98. The fourth-order valence-electron chi connectivity index (χ4n) is 4.76. The lowest BCUT2D eigenvalue weighted by Gasteiger charge is -2.46. The number of nitrogens with one attached hydrogen (secondary N) is 2. The summed E-state index contributed by atoms with van der Waals surface area (Å²) < 4.78 is 22.4. The molecule has 2 rings (SSSR count). The molecule has 0 aromatic rings. The zero-order chi connectivity index (χ0) is 29.7. The van der Waals surface area contributed by atoms with Crippen LogP contribution in [0.1, 0.15) is 26.2 Å². The van der Waals surface area contributed by atoms with Crippen molar-refractivity contribution in [3.05, 3.63) is 5.21 Å². The number of aliphatic hydroxyl groups excluding tert-OH is 5. The lowest BCUT2D eigenvalue weighted by atomic mass is 9.94. The van der Waals surface area contributed by atoms with Gasteiger partial charge in [-0.15, -0.1) is 5.01 Å². The maximum atomic E-state index is 12.3. The summed E-state index contributed by atoms with van der Waals surface area (Å²) in [5.41, 5.74) is 5.46. The molecule has 236 valence electrons. The number of hydrazine groups is 1. The summed E-state index contributed by atoms with van der Waals surface area (Å²) in [5, 5.41) is 83.5. The first-order valence-corrected chi connectivity index (χ1v) is 13.7. The molecule has 2 aliphatic heterocycles. The number of hydrogen-bond acceptors (Lipinski definition) is 14. The fourth-order valence-corrected chi connectivity index (χ4v) is 4.76. The van der Waals surface area contributed by atoms with Crippen LogP contribution in [0.5, 0.6) is 0 Å². The quantitative estimate of drug-likeness (QED) is 0.0324. The molecule has 0 saturated carbocycles. The Kier molecular flexibility index (Phi) is 15.7. The van der Waals surface area contributed by atoms with Gasteiger partial charge in [-0.25, -0.2) is 0 Å². The molecular formula is C23H48N6O11. The number of nitrogens with zero attached hydrogens (tertiary/aromatic N) is 3. The van der Waals surface area contributed by atoms with E-state index < -0.39 is 67.8 Å². The topological polar surface area (TPSA) is 250 Å². The van der Waals surface area contributed by atoms with Crippen molar-refractivity contribution in [1.82, 2.24) is 15.6 Å². The Labute approximate surface area is 234 Å². The van der Waals surface area contributed by atoms with Crippen molar-refractivity contribution < 1.29 is 54.7 Å². The number of hydrogen-bond donors (Lipinski definition) is 9. The van der Waals surface area contributed by atoms with E-state index in [2.05, 4.69) is 15.9 Å². The van der Waals surface area contributed by atoms with E-state index >= 15 is 0 Å². The Bertz CT molecular complexity index is 727. The average molecular weight is 585 g/mol. The van der Waals surface area contributed by atoms with E-state index in [9.17, 15) is 30.7 Å². The lowest BCUT2D eigenvalue weighted by molar-refractivity contribution is -0.711. The Morgan fingerprint density at radius 2 is 1.55 bits per heavy atom. The van der Waals surface area contributed by atoms with Gasteiger partial charge in [0.05, 0.1) is 24.2 Å². The molecule has 0 amide bonds. The molecule has 17 nitrogen and oxygen atoms in total. The van der Waals surface area contributed by atoms with Gasteiger partial charge in [0.1, 0.15) is 55.4 Å². The predicted octanol–water partition coefficient (Wildman–Crippen LogP) is -3.79. The molecule has 0 aromatic carbocycles. The molecule has 0 radical (unpaired) electrons. The zero-order valence-corrected chi connectivity index (χ0v) is 23.2. The van der Waals surface area contributed by atoms with E-state index in [0.717, 1.165) is 37.5 Å². The van der Waals surface area contributed by atoms with Gasteiger partial charge < -0.3 is 71.3 Å². The normalized spacial score (nSPS) is 35.1. The van der Waals surface area contributed by atoms with Crippen molar-refractivity contribution in [3.8, 4) is 0 Å². The van der Waals surface area contributed by atoms with Crippen molar-refractivity contribution in [2.75, 3.05) is 59.5 Å². The first kappa shape index (κ1) is 34.7. The minimum Gasteiger partial charge on any atom is -0.569 e. The van der Waals surface area contributed by atoms with Crippen LogP contribution in [0.15, 0.2) is 5.28 Å². The second-order valence-corrected chi connectivity index (χ2v) is 9.97. The fraction of sp³-hybridized carbons (Fsp3) is 1.00. The molecule has 2 aliphatic rings. The molecule has 0 aromatic heterocycles. The largest absolute Gasteiger partial charge is 0.569 e. The van der Waals surface area contributed by atoms with Crippen LogP contribution >= 0.6 is 0 Å². The minimum atomic E-state index is -1.64. The van der Waals surface area contributed by atoms with Gasteiger partial charge in [0, 0.05) is 7.11 Å². The average Bonchev–Trinajstić information content (AvgIpc) is 2.95. The van der Waals surface area contributed by atoms with Gasteiger partial charge in [-0.05, 0) is 58.9 Å². The molecule has 2 fully saturated rings. The Morgan fingerprint density at radius 1 is 0.925 bits per heavy atom. The van der Waals surface area contributed by atoms with Gasteiger partial charge in [-0.3, -0.25) is 0 Å². The number of rotatable bonds is 18. The van der Waals surface area contributed by atoms with Gasteiger partial charge >= 0.3 is 0 Å². The van der Waals surface area contributed by atoms with Gasteiger partial charge in [0.25, 0.3) is 0 Å². The van der Waals surface area contributed by atoms with Crippen molar-refractivity contribution >= 4 is 0 Å².